The van der Waals surface area contributed by atoms with Crippen molar-refractivity contribution < 1.29 is 9.22 Å². The molecule has 0 N–H and O–H groups in total. The van der Waals surface area contributed by atoms with E-state index in [1.165, 1.54) is 0 Å². The molecule has 0 bridgehead atoms. The summed E-state index contributed by atoms with van der Waals surface area (Å²) >= 11 is 6.08. The third kappa shape index (κ3) is 7.68. The molecule has 120 valence electrons. The quantitative estimate of drug-likeness (QED) is 0.416. The Hall–Kier alpha value is -0.0231. The van der Waals surface area contributed by atoms with E-state index in [1.807, 2.05) is 6.92 Å². The van der Waals surface area contributed by atoms with Gasteiger partial charge in [-0.3, -0.25) is 4.79 Å². The molecule has 2 nitrogen and oxygen atoms in total. The van der Waals surface area contributed by atoms with Gasteiger partial charge in [0.1, 0.15) is 5.38 Å². The van der Waals surface area contributed by atoms with Crippen LogP contribution >= 0.6 is 11.6 Å². The molecule has 0 aromatic rings. The summed E-state index contributed by atoms with van der Waals surface area (Å²) in [5, 5.41) is -0.492. The Kier molecular flexibility index (Phi) is 9.08. The van der Waals surface area contributed by atoms with Crippen LogP contribution in [0.3, 0.4) is 0 Å². The first-order valence-corrected chi connectivity index (χ1v) is 11.0. The van der Waals surface area contributed by atoms with Crippen LogP contribution in [0.4, 0.5) is 0 Å². The zero-order chi connectivity index (χ0) is 15.9. The highest BCUT2D eigenvalue weighted by atomic mass is 35.5. The van der Waals surface area contributed by atoms with Gasteiger partial charge in [0.05, 0.1) is 0 Å². The Labute approximate surface area is 131 Å². The first kappa shape index (κ1) is 20.0. The first-order valence-electron chi connectivity index (χ1n) is 7.98. The van der Waals surface area contributed by atoms with E-state index >= 15 is 0 Å². The van der Waals surface area contributed by atoms with Crippen molar-refractivity contribution in [1.82, 2.24) is 0 Å². The van der Waals surface area contributed by atoms with Gasteiger partial charge in [0.15, 0.2) is 0 Å². The smallest absolute Gasteiger partial charge is 0.310 e. The van der Waals surface area contributed by atoms with E-state index in [-0.39, 0.29) is 5.97 Å². The summed E-state index contributed by atoms with van der Waals surface area (Å²) in [7, 11) is -2.06. The monoisotopic (exact) mass is 320 g/mol. The van der Waals surface area contributed by atoms with Gasteiger partial charge in [-0.05, 0) is 42.3 Å². The van der Waals surface area contributed by atoms with Gasteiger partial charge in [0, 0.05) is 0 Å². The number of carbonyl (C=O) groups excluding carboxylic acids is 1. The Morgan fingerprint density at radius 3 is 1.55 bits per heavy atom. The Bertz CT molecular complexity index is 264. The number of hydrogen-bond donors (Lipinski definition) is 0. The van der Waals surface area contributed by atoms with Crippen molar-refractivity contribution in [2.24, 2.45) is 17.8 Å². The van der Waals surface area contributed by atoms with Crippen molar-refractivity contribution in [1.29, 1.82) is 0 Å². The van der Waals surface area contributed by atoms with E-state index in [1.54, 1.807) is 0 Å². The number of alkyl halides is 1. The Morgan fingerprint density at radius 1 is 0.950 bits per heavy atom. The van der Waals surface area contributed by atoms with Crippen LogP contribution in [-0.4, -0.2) is 19.7 Å². The summed E-state index contributed by atoms with van der Waals surface area (Å²) in [4.78, 5) is 12.2. The maximum absolute atomic E-state index is 12.2. The molecule has 0 saturated carbocycles. The summed E-state index contributed by atoms with van der Waals surface area (Å²) in [5.74, 6) is 1.48. The fourth-order valence-electron chi connectivity index (χ4n) is 3.05. The van der Waals surface area contributed by atoms with E-state index in [4.69, 9.17) is 16.0 Å². The molecule has 20 heavy (non-hydrogen) atoms. The minimum Gasteiger partial charge on any atom is -0.518 e. The van der Waals surface area contributed by atoms with Gasteiger partial charge in [-0.2, -0.15) is 0 Å². The van der Waals surface area contributed by atoms with Crippen molar-refractivity contribution in [3.63, 3.8) is 0 Å². The van der Waals surface area contributed by atoms with Crippen molar-refractivity contribution in [3.8, 4) is 0 Å². The molecule has 1 atom stereocenters. The fraction of sp³-hybridized carbons (Fsp3) is 0.938. The van der Waals surface area contributed by atoms with Crippen molar-refractivity contribution in [3.05, 3.63) is 0 Å². The lowest BCUT2D eigenvalue weighted by Gasteiger charge is -2.36. The predicted octanol–water partition coefficient (Wildman–Crippen LogP) is 5.46. The normalized spacial score (nSPS) is 14.2. The van der Waals surface area contributed by atoms with Crippen LogP contribution in [-0.2, 0) is 9.22 Å². The summed E-state index contributed by atoms with van der Waals surface area (Å²) in [6, 6.07) is 3.13. The summed E-state index contributed by atoms with van der Waals surface area (Å²) in [6.45, 7) is 15.2. The molecule has 0 fully saturated rings. The van der Waals surface area contributed by atoms with Gasteiger partial charge < -0.3 is 4.43 Å². The van der Waals surface area contributed by atoms with Gasteiger partial charge in [-0.15, -0.1) is 11.6 Å². The molecular formula is C16H33ClO2Si. The van der Waals surface area contributed by atoms with Gasteiger partial charge in [0.25, 0.3) is 8.32 Å². The van der Waals surface area contributed by atoms with Gasteiger partial charge in [-0.25, -0.2) is 0 Å². The van der Waals surface area contributed by atoms with Gasteiger partial charge >= 0.3 is 5.97 Å². The molecule has 4 heteroatoms. The lowest BCUT2D eigenvalue weighted by molar-refractivity contribution is -0.135. The Balaban J connectivity index is 5.18. The molecule has 0 amide bonds. The number of halogens is 1. The summed E-state index contributed by atoms with van der Waals surface area (Å²) in [6.07, 6.45) is 0.635. The van der Waals surface area contributed by atoms with Crippen LogP contribution in [0.25, 0.3) is 0 Å². The molecule has 0 saturated heterocycles. The van der Waals surface area contributed by atoms with Crippen LogP contribution in [0.15, 0.2) is 0 Å². The third-order valence-electron chi connectivity index (χ3n) is 3.27. The van der Waals surface area contributed by atoms with E-state index in [0.717, 1.165) is 18.1 Å². The molecule has 0 heterocycles. The van der Waals surface area contributed by atoms with E-state index < -0.39 is 13.7 Å². The fourth-order valence-corrected chi connectivity index (χ4v) is 8.95. The van der Waals surface area contributed by atoms with E-state index in [0.29, 0.717) is 24.2 Å². The predicted molar refractivity (Wildman–Crippen MR) is 90.7 cm³/mol. The van der Waals surface area contributed by atoms with Crippen LogP contribution in [0.1, 0.15) is 54.9 Å². The van der Waals surface area contributed by atoms with Crippen molar-refractivity contribution in [2.45, 2.75) is 78.4 Å². The zero-order valence-corrected chi connectivity index (χ0v) is 16.1. The molecular weight excluding hydrogens is 288 g/mol. The average molecular weight is 321 g/mol. The van der Waals surface area contributed by atoms with Crippen LogP contribution in [0.5, 0.6) is 0 Å². The highest BCUT2D eigenvalue weighted by molar-refractivity contribution is 6.75. The van der Waals surface area contributed by atoms with Gasteiger partial charge in [0.2, 0.25) is 0 Å². The summed E-state index contributed by atoms with van der Waals surface area (Å²) < 4.78 is 6.09. The lowest BCUT2D eigenvalue weighted by Crippen LogP contribution is -2.45. The van der Waals surface area contributed by atoms with Crippen molar-refractivity contribution >= 4 is 25.9 Å². The largest absolute Gasteiger partial charge is 0.518 e. The molecule has 0 radical (unpaired) electrons. The second-order valence-electron chi connectivity index (χ2n) is 7.27. The molecule has 1 unspecified atom stereocenters. The molecule has 0 aliphatic heterocycles. The molecule has 0 aromatic carbocycles. The highest BCUT2D eigenvalue weighted by Crippen LogP contribution is 2.33. The first-order chi connectivity index (χ1) is 9.11. The van der Waals surface area contributed by atoms with Crippen LogP contribution in [0.2, 0.25) is 18.1 Å². The van der Waals surface area contributed by atoms with Crippen LogP contribution in [0, 0.1) is 17.8 Å². The number of hydrogen-bond acceptors (Lipinski definition) is 2. The molecule has 0 aromatic heterocycles. The third-order valence-corrected chi connectivity index (χ3v) is 9.07. The molecule has 0 aliphatic rings. The van der Waals surface area contributed by atoms with E-state index in [2.05, 4.69) is 41.5 Å². The topological polar surface area (TPSA) is 26.3 Å². The maximum Gasteiger partial charge on any atom is 0.310 e. The maximum atomic E-state index is 12.2. The second-order valence-corrected chi connectivity index (χ2v) is 11.6. The van der Waals surface area contributed by atoms with E-state index in [9.17, 15) is 4.79 Å². The zero-order valence-electron chi connectivity index (χ0n) is 14.3. The number of carbonyl (C=O) groups is 1. The number of rotatable bonds is 9. The second kappa shape index (κ2) is 9.09. The lowest BCUT2D eigenvalue weighted by atomic mass is 10.2. The molecule has 0 spiro atoms. The SMILES string of the molecule is CCC(Cl)C(=O)O[Si](CC(C)C)(CC(C)C)CC(C)C. The highest BCUT2D eigenvalue weighted by Gasteiger charge is 2.41. The molecule has 0 aliphatic carbocycles. The molecule has 0 rings (SSSR count). The minimum atomic E-state index is -2.06. The minimum absolute atomic E-state index is 0.192. The van der Waals surface area contributed by atoms with Crippen molar-refractivity contribution in [2.75, 3.05) is 0 Å². The Morgan fingerprint density at radius 2 is 1.30 bits per heavy atom. The standard InChI is InChI=1S/C16H33ClO2Si/c1-8-15(17)16(18)19-20(9-12(2)3,10-13(4)5)11-14(6)7/h12-15H,8-11H2,1-7H3. The summed E-state index contributed by atoms with van der Waals surface area (Å²) in [5.41, 5.74) is 0. The van der Waals surface area contributed by atoms with Gasteiger partial charge in [-0.1, -0.05) is 48.5 Å². The average Bonchev–Trinajstić information content (AvgIpc) is 2.24. The van der Waals surface area contributed by atoms with Crippen LogP contribution < -0.4 is 0 Å².